The number of rotatable bonds is 3. The van der Waals surface area contributed by atoms with Crippen LogP contribution in [0.4, 0.5) is 11.4 Å². The number of anilines is 1. The van der Waals surface area contributed by atoms with Crippen LogP contribution in [0, 0.1) is 16.0 Å². The van der Waals surface area contributed by atoms with Crippen LogP contribution < -0.4 is 10.6 Å². The van der Waals surface area contributed by atoms with Crippen molar-refractivity contribution in [2.45, 2.75) is 12.8 Å². The predicted molar refractivity (Wildman–Crippen MR) is 67.3 cm³/mol. The zero-order valence-electron chi connectivity index (χ0n) is 9.89. The second kappa shape index (κ2) is 5.59. The Hall–Kier alpha value is -1.95. The number of carbonyl (C=O) groups is 1. The van der Waals surface area contributed by atoms with E-state index in [4.69, 9.17) is 0 Å². The van der Waals surface area contributed by atoms with Crippen LogP contribution >= 0.6 is 0 Å². The van der Waals surface area contributed by atoms with E-state index in [1.807, 2.05) is 0 Å². The minimum atomic E-state index is -0.491. The van der Waals surface area contributed by atoms with E-state index in [9.17, 15) is 14.9 Å². The fourth-order valence-electron chi connectivity index (χ4n) is 2.05. The molecule has 1 atom stereocenters. The molecule has 6 heteroatoms. The summed E-state index contributed by atoms with van der Waals surface area (Å²) in [5.41, 5.74) is 0.188. The average molecular weight is 249 g/mol. The van der Waals surface area contributed by atoms with Crippen LogP contribution in [-0.4, -0.2) is 23.9 Å². The molecule has 1 aromatic carbocycles. The zero-order chi connectivity index (χ0) is 13.0. The molecule has 1 unspecified atom stereocenters. The number of nitro benzene ring substituents is 1. The molecular formula is C12H15N3O3. The number of nitrogens with one attached hydrogen (secondary N) is 2. The van der Waals surface area contributed by atoms with Crippen molar-refractivity contribution in [1.82, 2.24) is 5.32 Å². The number of nitro groups is 1. The Bertz CT molecular complexity index is 456. The fourth-order valence-corrected chi connectivity index (χ4v) is 2.05. The SMILES string of the molecule is O=C(Nc1ccccc1[N+](=O)[O-])C1CCCNC1. The number of benzene rings is 1. The number of hydrogen-bond acceptors (Lipinski definition) is 4. The van der Waals surface area contributed by atoms with Gasteiger partial charge in [-0.15, -0.1) is 0 Å². The number of nitrogens with zero attached hydrogens (tertiary/aromatic N) is 1. The number of amides is 1. The van der Waals surface area contributed by atoms with Crippen LogP contribution in [0.25, 0.3) is 0 Å². The lowest BCUT2D eigenvalue weighted by atomic mass is 9.99. The molecule has 1 aliphatic heterocycles. The van der Waals surface area contributed by atoms with Gasteiger partial charge in [-0.2, -0.15) is 0 Å². The van der Waals surface area contributed by atoms with Crippen molar-refractivity contribution in [1.29, 1.82) is 0 Å². The molecule has 0 spiro atoms. The summed E-state index contributed by atoms with van der Waals surface area (Å²) >= 11 is 0. The fraction of sp³-hybridized carbons (Fsp3) is 0.417. The molecule has 2 rings (SSSR count). The molecule has 6 nitrogen and oxygen atoms in total. The third kappa shape index (κ3) is 2.84. The lowest BCUT2D eigenvalue weighted by Crippen LogP contribution is -2.37. The summed E-state index contributed by atoms with van der Waals surface area (Å²) in [7, 11) is 0. The van der Waals surface area contributed by atoms with Gasteiger partial charge in [0.25, 0.3) is 5.69 Å². The van der Waals surface area contributed by atoms with Gasteiger partial charge in [0.2, 0.25) is 5.91 Å². The van der Waals surface area contributed by atoms with E-state index >= 15 is 0 Å². The highest BCUT2D eigenvalue weighted by atomic mass is 16.6. The van der Waals surface area contributed by atoms with Gasteiger partial charge in [0.05, 0.1) is 10.8 Å². The predicted octanol–water partition coefficient (Wildman–Crippen LogP) is 1.53. The molecule has 0 radical (unpaired) electrons. The molecule has 0 aliphatic carbocycles. The maximum absolute atomic E-state index is 12.0. The first kappa shape index (κ1) is 12.5. The Morgan fingerprint density at radius 3 is 2.89 bits per heavy atom. The molecule has 0 aromatic heterocycles. The minimum absolute atomic E-state index is 0.0744. The summed E-state index contributed by atoms with van der Waals surface area (Å²) in [5, 5.41) is 16.6. The normalized spacial score (nSPS) is 19.2. The molecule has 18 heavy (non-hydrogen) atoms. The summed E-state index contributed by atoms with van der Waals surface area (Å²) in [5.74, 6) is -0.268. The summed E-state index contributed by atoms with van der Waals surface area (Å²) in [6.07, 6.45) is 1.77. The molecule has 0 saturated carbocycles. The van der Waals surface area contributed by atoms with E-state index in [0.29, 0.717) is 6.54 Å². The lowest BCUT2D eigenvalue weighted by molar-refractivity contribution is -0.383. The van der Waals surface area contributed by atoms with Crippen LogP contribution in [0.1, 0.15) is 12.8 Å². The Morgan fingerprint density at radius 1 is 1.44 bits per heavy atom. The highest BCUT2D eigenvalue weighted by Gasteiger charge is 2.23. The van der Waals surface area contributed by atoms with Gasteiger partial charge < -0.3 is 10.6 Å². The van der Waals surface area contributed by atoms with E-state index in [2.05, 4.69) is 10.6 Å². The number of carbonyl (C=O) groups excluding carboxylic acids is 1. The van der Waals surface area contributed by atoms with Crippen LogP contribution in [0.2, 0.25) is 0 Å². The zero-order valence-corrected chi connectivity index (χ0v) is 9.89. The Morgan fingerprint density at radius 2 is 2.22 bits per heavy atom. The monoisotopic (exact) mass is 249 g/mol. The summed E-state index contributed by atoms with van der Waals surface area (Å²) in [6, 6.07) is 6.18. The topological polar surface area (TPSA) is 84.3 Å². The van der Waals surface area contributed by atoms with Gasteiger partial charge in [-0.3, -0.25) is 14.9 Å². The van der Waals surface area contributed by atoms with Gasteiger partial charge >= 0.3 is 0 Å². The van der Waals surface area contributed by atoms with Crippen molar-refractivity contribution >= 4 is 17.3 Å². The van der Waals surface area contributed by atoms with E-state index in [0.717, 1.165) is 19.4 Å². The Labute approximate surface area is 105 Å². The minimum Gasteiger partial charge on any atom is -0.320 e. The number of hydrogen-bond donors (Lipinski definition) is 2. The van der Waals surface area contributed by atoms with Crippen LogP contribution in [0.5, 0.6) is 0 Å². The molecule has 1 heterocycles. The van der Waals surface area contributed by atoms with Gasteiger partial charge in [0.15, 0.2) is 0 Å². The lowest BCUT2D eigenvalue weighted by Gasteiger charge is -2.21. The van der Waals surface area contributed by atoms with Crippen molar-refractivity contribution in [3.05, 3.63) is 34.4 Å². The van der Waals surface area contributed by atoms with E-state index in [1.165, 1.54) is 6.07 Å². The van der Waals surface area contributed by atoms with E-state index in [1.54, 1.807) is 18.2 Å². The van der Waals surface area contributed by atoms with Gasteiger partial charge in [-0.25, -0.2) is 0 Å². The van der Waals surface area contributed by atoms with E-state index < -0.39 is 4.92 Å². The van der Waals surface area contributed by atoms with Crippen LogP contribution in [0.15, 0.2) is 24.3 Å². The van der Waals surface area contributed by atoms with Crippen LogP contribution in [-0.2, 0) is 4.79 Å². The molecule has 96 valence electrons. The molecule has 1 amide bonds. The number of piperidine rings is 1. The first-order chi connectivity index (χ1) is 8.68. The standard InChI is InChI=1S/C12H15N3O3/c16-12(9-4-3-7-13-8-9)14-10-5-1-2-6-11(10)15(17)18/h1-2,5-6,9,13H,3-4,7-8H2,(H,14,16). The maximum Gasteiger partial charge on any atom is 0.292 e. The van der Waals surface area contributed by atoms with Gasteiger partial charge in [0.1, 0.15) is 5.69 Å². The maximum atomic E-state index is 12.0. The molecule has 1 aromatic rings. The molecule has 0 bridgehead atoms. The first-order valence-corrected chi connectivity index (χ1v) is 5.93. The Kier molecular flexibility index (Phi) is 3.88. The second-order valence-corrected chi connectivity index (χ2v) is 4.31. The third-order valence-electron chi connectivity index (χ3n) is 3.03. The quantitative estimate of drug-likeness (QED) is 0.628. The largest absolute Gasteiger partial charge is 0.320 e. The molecule has 2 N–H and O–H groups in total. The van der Waals surface area contributed by atoms with Crippen molar-refractivity contribution in [2.24, 2.45) is 5.92 Å². The molecule has 1 saturated heterocycles. The second-order valence-electron chi connectivity index (χ2n) is 4.31. The summed E-state index contributed by atoms with van der Waals surface area (Å²) < 4.78 is 0. The van der Waals surface area contributed by atoms with Crippen molar-refractivity contribution < 1.29 is 9.72 Å². The van der Waals surface area contributed by atoms with Crippen molar-refractivity contribution in [3.8, 4) is 0 Å². The molecule has 1 aliphatic rings. The molecular weight excluding hydrogens is 234 g/mol. The summed E-state index contributed by atoms with van der Waals surface area (Å²) in [6.45, 7) is 1.56. The van der Waals surface area contributed by atoms with Gasteiger partial charge in [-0.05, 0) is 25.5 Å². The smallest absolute Gasteiger partial charge is 0.292 e. The van der Waals surface area contributed by atoms with Crippen molar-refractivity contribution in [3.63, 3.8) is 0 Å². The first-order valence-electron chi connectivity index (χ1n) is 5.93. The third-order valence-corrected chi connectivity index (χ3v) is 3.03. The van der Waals surface area contributed by atoms with Gasteiger partial charge in [0, 0.05) is 12.6 Å². The highest BCUT2D eigenvalue weighted by Crippen LogP contribution is 2.24. The van der Waals surface area contributed by atoms with Gasteiger partial charge in [-0.1, -0.05) is 12.1 Å². The van der Waals surface area contributed by atoms with Crippen LogP contribution in [0.3, 0.4) is 0 Å². The van der Waals surface area contributed by atoms with E-state index in [-0.39, 0.29) is 23.2 Å². The summed E-state index contributed by atoms with van der Waals surface area (Å²) in [4.78, 5) is 22.3. The van der Waals surface area contributed by atoms with Crippen molar-refractivity contribution in [2.75, 3.05) is 18.4 Å². The highest BCUT2D eigenvalue weighted by molar-refractivity contribution is 5.94. The number of para-hydroxylation sites is 2. The molecule has 1 fully saturated rings. The Balaban J connectivity index is 2.08. The average Bonchev–Trinajstić information content (AvgIpc) is 2.40.